The SMILES string of the molecule is CN=C(NCCc1ccc2c(c1)OCO2)NCc1ccc(C(F)(F)F)cc1.I. The Morgan fingerprint density at radius 1 is 1.00 bits per heavy atom. The van der Waals surface area contributed by atoms with Crippen molar-refractivity contribution in [3.8, 4) is 11.5 Å². The van der Waals surface area contributed by atoms with Gasteiger partial charge in [-0.05, 0) is 41.8 Å². The predicted molar refractivity (Wildman–Crippen MR) is 111 cm³/mol. The molecule has 152 valence electrons. The average Bonchev–Trinajstić information content (AvgIpc) is 3.12. The molecule has 0 saturated carbocycles. The number of guanidine groups is 1. The summed E-state index contributed by atoms with van der Waals surface area (Å²) in [5.41, 5.74) is 1.18. The minimum atomic E-state index is -4.32. The summed E-state index contributed by atoms with van der Waals surface area (Å²) in [4.78, 5) is 4.12. The normalized spacial score (nSPS) is 13.1. The Kier molecular flexibility index (Phi) is 7.78. The van der Waals surface area contributed by atoms with E-state index in [4.69, 9.17) is 9.47 Å². The third-order valence-corrected chi connectivity index (χ3v) is 4.11. The maximum absolute atomic E-state index is 12.6. The van der Waals surface area contributed by atoms with E-state index in [1.54, 1.807) is 7.05 Å². The van der Waals surface area contributed by atoms with Gasteiger partial charge in [0.05, 0.1) is 5.56 Å². The Bertz CT molecular complexity index is 811. The van der Waals surface area contributed by atoms with Crippen LogP contribution in [-0.2, 0) is 19.1 Å². The smallest absolute Gasteiger partial charge is 0.416 e. The van der Waals surface area contributed by atoms with Crippen molar-refractivity contribution in [2.75, 3.05) is 20.4 Å². The highest BCUT2D eigenvalue weighted by Crippen LogP contribution is 2.32. The highest BCUT2D eigenvalue weighted by Gasteiger charge is 2.29. The minimum Gasteiger partial charge on any atom is -0.454 e. The van der Waals surface area contributed by atoms with E-state index in [1.807, 2.05) is 18.2 Å². The predicted octanol–water partition coefficient (Wildman–Crippen LogP) is 3.96. The topological polar surface area (TPSA) is 54.9 Å². The summed E-state index contributed by atoms with van der Waals surface area (Å²) in [7, 11) is 1.64. The van der Waals surface area contributed by atoms with Gasteiger partial charge in [0.2, 0.25) is 6.79 Å². The second-order valence-corrected chi connectivity index (χ2v) is 5.98. The quantitative estimate of drug-likeness (QED) is 0.366. The molecule has 9 heteroatoms. The number of halogens is 4. The maximum Gasteiger partial charge on any atom is 0.416 e. The summed E-state index contributed by atoms with van der Waals surface area (Å²) in [6.45, 7) is 1.27. The molecule has 0 aliphatic carbocycles. The average molecular weight is 507 g/mol. The first-order valence-electron chi connectivity index (χ1n) is 8.45. The molecule has 1 heterocycles. The lowest BCUT2D eigenvalue weighted by atomic mass is 10.1. The highest BCUT2D eigenvalue weighted by molar-refractivity contribution is 14.0. The van der Waals surface area contributed by atoms with Crippen molar-refractivity contribution in [2.24, 2.45) is 4.99 Å². The van der Waals surface area contributed by atoms with Crippen molar-refractivity contribution >= 4 is 29.9 Å². The molecule has 0 amide bonds. The molecule has 2 N–H and O–H groups in total. The molecule has 0 aromatic heterocycles. The molecule has 1 aliphatic rings. The van der Waals surface area contributed by atoms with E-state index in [9.17, 15) is 13.2 Å². The molecular weight excluding hydrogens is 486 g/mol. The zero-order chi connectivity index (χ0) is 19.3. The van der Waals surface area contributed by atoms with Crippen molar-refractivity contribution < 1.29 is 22.6 Å². The van der Waals surface area contributed by atoms with E-state index >= 15 is 0 Å². The Morgan fingerprint density at radius 2 is 1.68 bits per heavy atom. The first-order valence-corrected chi connectivity index (χ1v) is 8.45. The summed E-state index contributed by atoms with van der Waals surface area (Å²) in [5, 5.41) is 6.26. The van der Waals surface area contributed by atoms with Crippen molar-refractivity contribution in [3.05, 3.63) is 59.2 Å². The second-order valence-electron chi connectivity index (χ2n) is 5.98. The molecule has 0 spiro atoms. The van der Waals surface area contributed by atoms with Crippen molar-refractivity contribution in [1.82, 2.24) is 10.6 Å². The van der Waals surface area contributed by atoms with E-state index in [2.05, 4.69) is 15.6 Å². The van der Waals surface area contributed by atoms with Crippen LogP contribution in [0.1, 0.15) is 16.7 Å². The third kappa shape index (κ3) is 5.91. The fourth-order valence-corrected chi connectivity index (χ4v) is 2.64. The van der Waals surface area contributed by atoms with Crippen LogP contribution < -0.4 is 20.1 Å². The van der Waals surface area contributed by atoms with Crippen LogP contribution in [0.4, 0.5) is 13.2 Å². The summed E-state index contributed by atoms with van der Waals surface area (Å²) in [5.74, 6) is 2.08. The number of hydrogen-bond donors (Lipinski definition) is 2. The first-order chi connectivity index (χ1) is 13.0. The van der Waals surface area contributed by atoms with E-state index in [0.717, 1.165) is 41.2 Å². The second kappa shape index (κ2) is 9.85. The third-order valence-electron chi connectivity index (χ3n) is 4.11. The first kappa shape index (κ1) is 22.1. The lowest BCUT2D eigenvalue weighted by Crippen LogP contribution is -2.37. The van der Waals surface area contributed by atoms with Crippen LogP contribution in [0.3, 0.4) is 0 Å². The number of aliphatic imine (C=N–C) groups is 1. The zero-order valence-corrected chi connectivity index (χ0v) is 17.5. The summed E-state index contributed by atoms with van der Waals surface area (Å²) in [6, 6.07) is 10.9. The van der Waals surface area contributed by atoms with Crippen LogP contribution in [0.2, 0.25) is 0 Å². The van der Waals surface area contributed by atoms with Crippen LogP contribution in [0.15, 0.2) is 47.5 Å². The monoisotopic (exact) mass is 507 g/mol. The van der Waals surface area contributed by atoms with E-state index in [0.29, 0.717) is 19.0 Å². The van der Waals surface area contributed by atoms with Gasteiger partial charge in [-0.2, -0.15) is 13.2 Å². The fraction of sp³-hybridized carbons (Fsp3) is 0.316. The van der Waals surface area contributed by atoms with E-state index in [1.165, 1.54) is 12.1 Å². The lowest BCUT2D eigenvalue weighted by molar-refractivity contribution is -0.137. The number of nitrogens with zero attached hydrogens (tertiary/aromatic N) is 1. The van der Waals surface area contributed by atoms with Gasteiger partial charge in [-0.1, -0.05) is 18.2 Å². The summed E-state index contributed by atoms with van der Waals surface area (Å²) >= 11 is 0. The Morgan fingerprint density at radius 3 is 2.36 bits per heavy atom. The summed E-state index contributed by atoms with van der Waals surface area (Å²) in [6.07, 6.45) is -3.56. The zero-order valence-electron chi connectivity index (χ0n) is 15.2. The Hall–Kier alpha value is -2.17. The molecular formula is C19H21F3IN3O2. The van der Waals surface area contributed by atoms with Gasteiger partial charge in [0.1, 0.15) is 0 Å². The molecule has 2 aromatic carbocycles. The van der Waals surface area contributed by atoms with Gasteiger partial charge in [0, 0.05) is 20.1 Å². The number of fused-ring (bicyclic) bond motifs is 1. The molecule has 0 bridgehead atoms. The molecule has 1 aliphatic heterocycles. The van der Waals surface area contributed by atoms with Crippen LogP contribution in [-0.4, -0.2) is 26.3 Å². The van der Waals surface area contributed by atoms with Gasteiger partial charge >= 0.3 is 6.18 Å². The number of benzene rings is 2. The summed E-state index contributed by atoms with van der Waals surface area (Å²) < 4.78 is 48.4. The maximum atomic E-state index is 12.6. The van der Waals surface area contributed by atoms with Crippen LogP contribution in [0.25, 0.3) is 0 Å². The molecule has 0 atom stereocenters. The van der Waals surface area contributed by atoms with Gasteiger partial charge in [-0.3, -0.25) is 4.99 Å². The van der Waals surface area contributed by atoms with E-state index < -0.39 is 11.7 Å². The van der Waals surface area contributed by atoms with Crippen molar-refractivity contribution in [3.63, 3.8) is 0 Å². The molecule has 28 heavy (non-hydrogen) atoms. The Balaban J connectivity index is 0.00000280. The molecule has 2 aromatic rings. The number of ether oxygens (including phenoxy) is 2. The minimum absolute atomic E-state index is 0. The van der Waals surface area contributed by atoms with Crippen LogP contribution in [0, 0.1) is 0 Å². The van der Waals surface area contributed by atoms with Gasteiger partial charge in [0.15, 0.2) is 17.5 Å². The lowest BCUT2D eigenvalue weighted by Gasteiger charge is -2.13. The van der Waals surface area contributed by atoms with Gasteiger partial charge < -0.3 is 20.1 Å². The van der Waals surface area contributed by atoms with Gasteiger partial charge in [0.25, 0.3) is 0 Å². The largest absolute Gasteiger partial charge is 0.454 e. The van der Waals surface area contributed by atoms with Crippen LogP contribution >= 0.6 is 24.0 Å². The fourth-order valence-electron chi connectivity index (χ4n) is 2.64. The number of alkyl halides is 3. The van der Waals surface area contributed by atoms with Crippen molar-refractivity contribution in [1.29, 1.82) is 0 Å². The molecule has 0 radical (unpaired) electrons. The molecule has 5 nitrogen and oxygen atoms in total. The van der Waals surface area contributed by atoms with Crippen LogP contribution in [0.5, 0.6) is 11.5 Å². The highest BCUT2D eigenvalue weighted by atomic mass is 127. The number of hydrogen-bond acceptors (Lipinski definition) is 3. The number of rotatable bonds is 5. The number of nitrogens with one attached hydrogen (secondary N) is 2. The van der Waals surface area contributed by atoms with Crippen molar-refractivity contribution in [2.45, 2.75) is 19.1 Å². The van der Waals surface area contributed by atoms with E-state index in [-0.39, 0.29) is 30.8 Å². The molecule has 3 rings (SSSR count). The molecule has 0 fully saturated rings. The Labute approximate surface area is 178 Å². The molecule has 0 saturated heterocycles. The van der Waals surface area contributed by atoms with Gasteiger partial charge in [-0.15, -0.1) is 24.0 Å². The van der Waals surface area contributed by atoms with Gasteiger partial charge in [-0.25, -0.2) is 0 Å². The molecule has 0 unspecified atom stereocenters. The standard InChI is InChI=1S/C19H20F3N3O2.HI/c1-23-18(25-11-14-2-5-15(6-3-14)19(20,21)22)24-9-8-13-4-7-16-17(10-13)27-12-26-16;/h2-7,10H,8-9,11-12H2,1H3,(H2,23,24,25);1H.